The van der Waals surface area contributed by atoms with E-state index in [2.05, 4.69) is 44.3 Å². The van der Waals surface area contributed by atoms with E-state index in [9.17, 15) is 4.79 Å². The molecule has 7 heteroatoms. The predicted octanol–water partition coefficient (Wildman–Crippen LogP) is 1.50. The van der Waals surface area contributed by atoms with Crippen LogP contribution in [0.2, 0.25) is 0 Å². The summed E-state index contributed by atoms with van der Waals surface area (Å²) in [5, 5.41) is 10.0. The van der Waals surface area contributed by atoms with Gasteiger partial charge in [-0.3, -0.25) is 14.8 Å². The van der Waals surface area contributed by atoms with Crippen molar-refractivity contribution in [2.45, 2.75) is 32.4 Å². The summed E-state index contributed by atoms with van der Waals surface area (Å²) in [6.07, 6.45) is 1.41. The summed E-state index contributed by atoms with van der Waals surface area (Å²) < 4.78 is 0. The highest BCUT2D eigenvalue weighted by Gasteiger charge is 2.19. The number of aromatic nitrogens is 3. The Balaban J connectivity index is 1.40. The Labute approximate surface area is 154 Å². The van der Waals surface area contributed by atoms with Crippen LogP contribution in [0.15, 0.2) is 30.3 Å². The summed E-state index contributed by atoms with van der Waals surface area (Å²) in [4.78, 5) is 21.4. The number of nitrogens with zero attached hydrogens (tertiary/aromatic N) is 4. The topological polar surface area (TPSA) is 77.1 Å². The third kappa shape index (κ3) is 5.12. The molecule has 1 aromatic heterocycles. The Morgan fingerprint density at radius 1 is 1.23 bits per heavy atom. The van der Waals surface area contributed by atoms with Crippen LogP contribution >= 0.6 is 0 Å². The SMILES string of the molecule is C[C@@H](CCC(=O)NCc1nc(-c2ccccc2)n[nH]1)N1CCN(C)CC1. The second-order valence-corrected chi connectivity index (χ2v) is 6.98. The Kier molecular flexibility index (Phi) is 6.35. The van der Waals surface area contributed by atoms with E-state index >= 15 is 0 Å². The van der Waals surface area contributed by atoms with Gasteiger partial charge in [-0.15, -0.1) is 0 Å². The lowest BCUT2D eigenvalue weighted by atomic mass is 10.1. The first-order chi connectivity index (χ1) is 12.6. The standard InChI is InChI=1S/C19H28N6O/c1-15(25-12-10-24(2)11-13-25)8-9-18(26)20-14-17-21-19(23-22-17)16-6-4-3-5-7-16/h3-7,15H,8-14H2,1-2H3,(H,20,26)(H,21,22,23)/t15-/m0/s1. The summed E-state index contributed by atoms with van der Waals surface area (Å²) in [6.45, 7) is 6.96. The average Bonchev–Trinajstić information content (AvgIpc) is 3.15. The smallest absolute Gasteiger partial charge is 0.220 e. The van der Waals surface area contributed by atoms with Crippen LogP contribution in [0.3, 0.4) is 0 Å². The molecule has 7 nitrogen and oxygen atoms in total. The monoisotopic (exact) mass is 356 g/mol. The second kappa shape index (κ2) is 8.91. The number of benzene rings is 1. The van der Waals surface area contributed by atoms with Crippen molar-refractivity contribution in [3.63, 3.8) is 0 Å². The first-order valence-electron chi connectivity index (χ1n) is 9.28. The molecule has 2 aromatic rings. The highest BCUT2D eigenvalue weighted by atomic mass is 16.1. The van der Waals surface area contributed by atoms with Crippen molar-refractivity contribution < 1.29 is 4.79 Å². The molecule has 1 aliphatic rings. The van der Waals surface area contributed by atoms with Gasteiger partial charge in [0.1, 0.15) is 5.82 Å². The Morgan fingerprint density at radius 3 is 2.69 bits per heavy atom. The summed E-state index contributed by atoms with van der Waals surface area (Å²) in [5.74, 6) is 1.38. The zero-order chi connectivity index (χ0) is 18.4. The number of hydrogen-bond acceptors (Lipinski definition) is 5. The fourth-order valence-corrected chi connectivity index (χ4v) is 3.15. The van der Waals surface area contributed by atoms with E-state index in [0.29, 0.717) is 30.7 Å². The van der Waals surface area contributed by atoms with Crippen LogP contribution in [0.25, 0.3) is 11.4 Å². The number of amides is 1. The molecule has 0 aliphatic carbocycles. The number of H-pyrrole nitrogens is 1. The van der Waals surface area contributed by atoms with Crippen LogP contribution in [-0.2, 0) is 11.3 Å². The number of likely N-dealkylation sites (N-methyl/N-ethyl adjacent to an activating group) is 1. The lowest BCUT2D eigenvalue weighted by molar-refractivity contribution is -0.121. The van der Waals surface area contributed by atoms with E-state index < -0.39 is 0 Å². The van der Waals surface area contributed by atoms with Gasteiger partial charge in [-0.1, -0.05) is 30.3 Å². The lowest BCUT2D eigenvalue weighted by Crippen LogP contribution is -2.48. The van der Waals surface area contributed by atoms with Crippen molar-refractivity contribution >= 4 is 5.91 Å². The molecule has 1 saturated heterocycles. The number of aromatic amines is 1. The molecule has 0 spiro atoms. The molecular weight excluding hydrogens is 328 g/mol. The molecule has 1 amide bonds. The van der Waals surface area contributed by atoms with E-state index in [4.69, 9.17) is 0 Å². The molecule has 0 radical (unpaired) electrons. The van der Waals surface area contributed by atoms with E-state index in [-0.39, 0.29) is 5.91 Å². The first-order valence-corrected chi connectivity index (χ1v) is 9.28. The van der Waals surface area contributed by atoms with Crippen molar-refractivity contribution in [3.8, 4) is 11.4 Å². The molecule has 1 atom stereocenters. The fraction of sp³-hybridized carbons (Fsp3) is 0.526. The predicted molar refractivity (Wildman–Crippen MR) is 101 cm³/mol. The summed E-state index contributed by atoms with van der Waals surface area (Å²) in [5.41, 5.74) is 0.960. The maximum Gasteiger partial charge on any atom is 0.220 e. The van der Waals surface area contributed by atoms with Gasteiger partial charge in [0.2, 0.25) is 5.91 Å². The van der Waals surface area contributed by atoms with Crippen LogP contribution in [-0.4, -0.2) is 70.2 Å². The van der Waals surface area contributed by atoms with E-state index in [0.717, 1.165) is 38.2 Å². The number of carbonyl (C=O) groups is 1. The van der Waals surface area contributed by atoms with Crippen LogP contribution in [0.4, 0.5) is 0 Å². The van der Waals surface area contributed by atoms with Gasteiger partial charge in [0.25, 0.3) is 0 Å². The van der Waals surface area contributed by atoms with Gasteiger partial charge in [-0.2, -0.15) is 5.10 Å². The molecule has 2 N–H and O–H groups in total. The number of piperazine rings is 1. The number of rotatable bonds is 7. The largest absolute Gasteiger partial charge is 0.349 e. The fourth-order valence-electron chi connectivity index (χ4n) is 3.15. The summed E-state index contributed by atoms with van der Waals surface area (Å²) in [7, 11) is 2.15. The molecule has 26 heavy (non-hydrogen) atoms. The second-order valence-electron chi connectivity index (χ2n) is 6.98. The van der Waals surface area contributed by atoms with Gasteiger partial charge >= 0.3 is 0 Å². The molecule has 3 rings (SSSR count). The van der Waals surface area contributed by atoms with Crippen molar-refractivity contribution in [2.75, 3.05) is 33.2 Å². The van der Waals surface area contributed by atoms with Crippen LogP contribution in [0, 0.1) is 0 Å². The molecular formula is C19H28N6O. The normalized spacial score (nSPS) is 17.2. The number of carbonyl (C=O) groups excluding carboxylic acids is 1. The minimum atomic E-state index is 0.0589. The van der Waals surface area contributed by atoms with Gasteiger partial charge in [-0.05, 0) is 20.4 Å². The Morgan fingerprint density at radius 2 is 1.96 bits per heavy atom. The number of hydrogen-bond donors (Lipinski definition) is 2. The van der Waals surface area contributed by atoms with Crippen LogP contribution in [0.1, 0.15) is 25.6 Å². The maximum absolute atomic E-state index is 12.1. The Bertz CT molecular complexity index is 693. The lowest BCUT2D eigenvalue weighted by Gasteiger charge is -2.36. The zero-order valence-electron chi connectivity index (χ0n) is 15.6. The molecule has 0 saturated carbocycles. The van der Waals surface area contributed by atoms with Crippen LogP contribution < -0.4 is 5.32 Å². The minimum absolute atomic E-state index is 0.0589. The van der Waals surface area contributed by atoms with E-state index in [1.807, 2.05) is 30.3 Å². The quantitative estimate of drug-likeness (QED) is 0.786. The van der Waals surface area contributed by atoms with Crippen molar-refractivity contribution in [2.24, 2.45) is 0 Å². The molecule has 0 unspecified atom stereocenters. The molecule has 1 aliphatic heterocycles. The minimum Gasteiger partial charge on any atom is -0.349 e. The highest BCUT2D eigenvalue weighted by molar-refractivity contribution is 5.75. The highest BCUT2D eigenvalue weighted by Crippen LogP contribution is 2.13. The van der Waals surface area contributed by atoms with Crippen molar-refractivity contribution in [3.05, 3.63) is 36.2 Å². The van der Waals surface area contributed by atoms with Gasteiger partial charge < -0.3 is 10.2 Å². The van der Waals surface area contributed by atoms with E-state index in [1.54, 1.807) is 0 Å². The Hall–Kier alpha value is -2.25. The van der Waals surface area contributed by atoms with E-state index in [1.165, 1.54) is 0 Å². The van der Waals surface area contributed by atoms with Gasteiger partial charge in [-0.25, -0.2) is 4.98 Å². The van der Waals surface area contributed by atoms with Gasteiger partial charge in [0.15, 0.2) is 5.82 Å². The molecule has 2 heterocycles. The molecule has 1 fully saturated rings. The molecule has 0 bridgehead atoms. The molecule has 1 aromatic carbocycles. The number of nitrogens with one attached hydrogen (secondary N) is 2. The third-order valence-corrected chi connectivity index (χ3v) is 4.97. The summed E-state index contributed by atoms with van der Waals surface area (Å²) >= 11 is 0. The summed E-state index contributed by atoms with van der Waals surface area (Å²) in [6, 6.07) is 10.2. The van der Waals surface area contributed by atoms with Crippen molar-refractivity contribution in [1.82, 2.24) is 30.3 Å². The van der Waals surface area contributed by atoms with Gasteiger partial charge in [0.05, 0.1) is 6.54 Å². The average molecular weight is 356 g/mol. The van der Waals surface area contributed by atoms with Crippen molar-refractivity contribution in [1.29, 1.82) is 0 Å². The first kappa shape index (κ1) is 18.5. The van der Waals surface area contributed by atoms with Crippen LogP contribution in [0.5, 0.6) is 0 Å². The maximum atomic E-state index is 12.1. The molecule has 140 valence electrons. The zero-order valence-corrected chi connectivity index (χ0v) is 15.6. The van der Waals surface area contributed by atoms with Gasteiger partial charge in [0, 0.05) is 44.2 Å². The third-order valence-electron chi connectivity index (χ3n) is 4.97.